The number of fused-ring (bicyclic) bond motifs is 1. The fourth-order valence-electron chi connectivity index (χ4n) is 4.47. The summed E-state index contributed by atoms with van der Waals surface area (Å²) in [6.07, 6.45) is 4.73. The van der Waals surface area contributed by atoms with Crippen LogP contribution < -0.4 is 4.74 Å². The maximum absolute atomic E-state index is 14.1. The van der Waals surface area contributed by atoms with Crippen molar-refractivity contribution in [1.82, 2.24) is 3.97 Å². The molecule has 1 aromatic heterocycles. The van der Waals surface area contributed by atoms with Crippen LogP contribution in [-0.2, 0) is 16.4 Å². The average Bonchev–Trinajstić information content (AvgIpc) is 3.25. The highest BCUT2D eigenvalue weighted by atomic mass is 32.2. The second-order valence-corrected chi connectivity index (χ2v) is 10.5. The van der Waals surface area contributed by atoms with Gasteiger partial charge in [0, 0.05) is 5.39 Å². The van der Waals surface area contributed by atoms with Gasteiger partial charge >= 0.3 is 0 Å². The van der Waals surface area contributed by atoms with E-state index >= 15 is 0 Å². The van der Waals surface area contributed by atoms with E-state index in [9.17, 15) is 8.42 Å². The van der Waals surface area contributed by atoms with Gasteiger partial charge < -0.3 is 4.74 Å². The molecule has 0 fully saturated rings. The Morgan fingerprint density at radius 2 is 1.47 bits per heavy atom. The molecule has 0 aliphatic carbocycles. The summed E-state index contributed by atoms with van der Waals surface area (Å²) in [5.74, 6) is 0.716. The molecule has 0 saturated heterocycles. The SMILES string of the molecule is COc1ccc(-c2c(C/C=C/c3ccccc3)c3ccccc3n2S(=O)(=O)c2ccc(C)cc2)cc1. The number of ether oxygens (including phenoxy) is 1. The number of methoxy groups -OCH3 is 1. The predicted molar refractivity (Wildman–Crippen MR) is 147 cm³/mol. The van der Waals surface area contributed by atoms with Crippen LogP contribution in [0.5, 0.6) is 5.75 Å². The summed E-state index contributed by atoms with van der Waals surface area (Å²) in [5.41, 5.74) is 5.20. The van der Waals surface area contributed by atoms with Crippen molar-refractivity contribution >= 4 is 27.0 Å². The van der Waals surface area contributed by atoms with E-state index in [-0.39, 0.29) is 4.90 Å². The van der Waals surface area contributed by atoms with Crippen LogP contribution in [0.2, 0.25) is 0 Å². The third-order valence-corrected chi connectivity index (χ3v) is 8.02. The minimum absolute atomic E-state index is 0.259. The van der Waals surface area contributed by atoms with Crippen LogP contribution in [0.1, 0.15) is 16.7 Å². The lowest BCUT2D eigenvalue weighted by atomic mass is 10.0. The Morgan fingerprint density at radius 3 is 2.17 bits per heavy atom. The van der Waals surface area contributed by atoms with Crippen molar-refractivity contribution < 1.29 is 13.2 Å². The van der Waals surface area contributed by atoms with Gasteiger partial charge in [0.25, 0.3) is 10.0 Å². The Kier molecular flexibility index (Phi) is 6.49. The number of nitrogens with zero attached hydrogens (tertiary/aromatic N) is 1. The smallest absolute Gasteiger partial charge is 0.268 e. The fraction of sp³-hybridized carbons (Fsp3) is 0.0968. The molecule has 0 radical (unpaired) electrons. The summed E-state index contributed by atoms with van der Waals surface area (Å²) in [4.78, 5) is 0.259. The molecule has 5 rings (SSSR count). The molecule has 4 aromatic carbocycles. The van der Waals surface area contributed by atoms with Crippen molar-refractivity contribution in [2.75, 3.05) is 7.11 Å². The van der Waals surface area contributed by atoms with Gasteiger partial charge in [-0.1, -0.05) is 78.4 Å². The first kappa shape index (κ1) is 23.6. The van der Waals surface area contributed by atoms with Crippen molar-refractivity contribution in [1.29, 1.82) is 0 Å². The zero-order valence-electron chi connectivity index (χ0n) is 20.3. The summed E-state index contributed by atoms with van der Waals surface area (Å²) in [6.45, 7) is 1.95. The van der Waals surface area contributed by atoms with E-state index < -0.39 is 10.0 Å². The average molecular weight is 494 g/mol. The van der Waals surface area contributed by atoms with E-state index in [0.717, 1.165) is 27.6 Å². The molecule has 0 aliphatic rings. The molecule has 0 saturated carbocycles. The monoisotopic (exact) mass is 493 g/mol. The topological polar surface area (TPSA) is 48.3 Å². The van der Waals surface area contributed by atoms with Crippen LogP contribution in [0, 0.1) is 6.92 Å². The lowest BCUT2D eigenvalue weighted by molar-refractivity contribution is 0.415. The molecule has 0 N–H and O–H groups in total. The number of hydrogen-bond acceptors (Lipinski definition) is 3. The summed E-state index contributed by atoms with van der Waals surface area (Å²) in [7, 11) is -2.25. The largest absolute Gasteiger partial charge is 0.497 e. The van der Waals surface area contributed by atoms with Crippen LogP contribution in [0.25, 0.3) is 28.2 Å². The van der Waals surface area contributed by atoms with Crippen molar-refractivity contribution in [2.24, 2.45) is 0 Å². The van der Waals surface area contributed by atoms with Gasteiger partial charge in [0.15, 0.2) is 0 Å². The Labute approximate surface area is 212 Å². The maximum Gasteiger partial charge on any atom is 0.268 e. The Balaban J connectivity index is 1.75. The van der Waals surface area contributed by atoms with Gasteiger partial charge in [-0.3, -0.25) is 0 Å². The quantitative estimate of drug-likeness (QED) is 0.243. The van der Waals surface area contributed by atoms with Gasteiger partial charge in [-0.05, 0) is 72.5 Å². The van der Waals surface area contributed by atoms with E-state index in [0.29, 0.717) is 23.4 Å². The zero-order valence-corrected chi connectivity index (χ0v) is 21.1. The second-order valence-electron chi connectivity index (χ2n) is 8.67. The third kappa shape index (κ3) is 4.45. The standard InChI is InChI=1S/C31H27NO3S/c1-23-15-21-27(22-16-23)36(33,34)32-30-14-7-6-12-28(30)29(13-8-11-24-9-4-3-5-10-24)31(32)25-17-19-26(35-2)20-18-25/h3-12,14-22H,13H2,1-2H3/b11-8+. The van der Waals surface area contributed by atoms with Gasteiger partial charge in [0.2, 0.25) is 0 Å². The summed E-state index contributed by atoms with van der Waals surface area (Å²) < 4.78 is 35.1. The van der Waals surface area contributed by atoms with Crippen LogP contribution in [0.3, 0.4) is 0 Å². The summed E-state index contributed by atoms with van der Waals surface area (Å²) in [5, 5.41) is 0.914. The van der Waals surface area contributed by atoms with Gasteiger partial charge in [-0.25, -0.2) is 12.4 Å². The molecule has 180 valence electrons. The number of aryl methyl sites for hydroxylation is 1. The highest BCUT2D eigenvalue weighted by Gasteiger charge is 2.27. The first-order valence-corrected chi connectivity index (χ1v) is 13.2. The molecule has 5 aromatic rings. The highest BCUT2D eigenvalue weighted by Crippen LogP contribution is 2.38. The number of aromatic nitrogens is 1. The first-order chi connectivity index (χ1) is 17.5. The normalized spacial score (nSPS) is 11.8. The second kappa shape index (κ2) is 9.88. The highest BCUT2D eigenvalue weighted by molar-refractivity contribution is 7.90. The fourth-order valence-corrected chi connectivity index (χ4v) is 6.03. The Bertz CT molecular complexity index is 1630. The molecule has 5 heteroatoms. The van der Waals surface area contributed by atoms with Crippen molar-refractivity contribution in [3.63, 3.8) is 0 Å². The van der Waals surface area contributed by atoms with Gasteiger partial charge in [-0.15, -0.1) is 0 Å². The van der Waals surface area contributed by atoms with Crippen molar-refractivity contribution in [3.8, 4) is 17.0 Å². The van der Waals surface area contributed by atoms with Gasteiger partial charge in [-0.2, -0.15) is 0 Å². The van der Waals surface area contributed by atoms with Crippen molar-refractivity contribution in [3.05, 3.63) is 126 Å². The molecular formula is C31H27NO3S. The molecule has 1 heterocycles. The number of hydrogen-bond donors (Lipinski definition) is 0. The molecule has 0 atom stereocenters. The summed E-state index contributed by atoms with van der Waals surface area (Å²) in [6, 6.07) is 32.3. The van der Waals surface area contributed by atoms with E-state index in [2.05, 4.69) is 12.2 Å². The third-order valence-electron chi connectivity index (χ3n) is 6.29. The molecule has 0 spiro atoms. The molecule has 0 bridgehead atoms. The number of benzene rings is 4. The number of para-hydroxylation sites is 1. The molecule has 0 aliphatic heterocycles. The van der Waals surface area contributed by atoms with E-state index in [1.54, 1.807) is 19.2 Å². The van der Waals surface area contributed by atoms with Crippen LogP contribution in [0.4, 0.5) is 0 Å². The van der Waals surface area contributed by atoms with E-state index in [1.165, 1.54) is 3.97 Å². The Morgan fingerprint density at radius 1 is 0.806 bits per heavy atom. The molecule has 36 heavy (non-hydrogen) atoms. The van der Waals surface area contributed by atoms with Gasteiger partial charge in [0.05, 0.1) is 23.2 Å². The minimum Gasteiger partial charge on any atom is -0.497 e. The molecular weight excluding hydrogens is 466 g/mol. The van der Waals surface area contributed by atoms with E-state index in [1.807, 2.05) is 97.9 Å². The van der Waals surface area contributed by atoms with Crippen molar-refractivity contribution in [2.45, 2.75) is 18.2 Å². The van der Waals surface area contributed by atoms with E-state index in [4.69, 9.17) is 4.74 Å². The Hall–Kier alpha value is -4.09. The van der Waals surface area contributed by atoms with Crippen LogP contribution >= 0.6 is 0 Å². The predicted octanol–water partition coefficient (Wildman–Crippen LogP) is 7.12. The molecule has 0 unspecified atom stereocenters. The van der Waals surface area contributed by atoms with Crippen LogP contribution in [-0.4, -0.2) is 19.5 Å². The van der Waals surface area contributed by atoms with Gasteiger partial charge in [0.1, 0.15) is 5.75 Å². The minimum atomic E-state index is -3.87. The number of allylic oxidation sites excluding steroid dienone is 1. The zero-order chi connectivity index (χ0) is 25.1. The lowest BCUT2D eigenvalue weighted by Gasteiger charge is -2.14. The first-order valence-electron chi connectivity index (χ1n) is 11.8. The lowest BCUT2D eigenvalue weighted by Crippen LogP contribution is -2.14. The number of rotatable bonds is 7. The maximum atomic E-state index is 14.1. The molecule has 4 nitrogen and oxygen atoms in total. The van der Waals surface area contributed by atoms with Crippen LogP contribution in [0.15, 0.2) is 114 Å². The summed E-state index contributed by atoms with van der Waals surface area (Å²) >= 11 is 0. The molecule has 0 amide bonds.